The van der Waals surface area contributed by atoms with E-state index < -0.39 is 0 Å². The molecule has 2 rings (SSSR count). The molecule has 2 N–H and O–H groups in total. The summed E-state index contributed by atoms with van der Waals surface area (Å²) in [5.41, 5.74) is 0.783. The van der Waals surface area contributed by atoms with Crippen molar-refractivity contribution in [3.8, 4) is 0 Å². The van der Waals surface area contributed by atoms with E-state index in [1.807, 2.05) is 24.3 Å². The molecule has 1 unspecified atom stereocenters. The number of nitrogens with one attached hydrogen (secondary N) is 1. The quantitative estimate of drug-likeness (QED) is 0.880. The average Bonchev–Trinajstić information content (AvgIpc) is 2.81. The van der Waals surface area contributed by atoms with E-state index in [0.717, 1.165) is 16.6 Å². The Balaban J connectivity index is 1.91. The first-order valence-corrected chi connectivity index (χ1v) is 6.40. The molecular weight excluding hydrogens is 284 g/mol. The van der Waals surface area contributed by atoms with Gasteiger partial charge in [0.05, 0.1) is 0 Å². The lowest BCUT2D eigenvalue weighted by atomic mass is 10.1. The summed E-state index contributed by atoms with van der Waals surface area (Å²) in [5.74, 6) is 0.227. The minimum atomic E-state index is -0.0942. The van der Waals surface area contributed by atoms with E-state index in [4.69, 9.17) is 5.11 Å². The fourth-order valence-electron chi connectivity index (χ4n) is 1.90. The third-order valence-corrected chi connectivity index (χ3v) is 3.46. The number of aliphatic hydroxyl groups is 1. The predicted octanol–water partition coefficient (Wildman–Crippen LogP) is 2.30. The minimum absolute atomic E-state index is 0.0942. The summed E-state index contributed by atoms with van der Waals surface area (Å²) in [6.07, 6.45) is 0.879. The molecule has 1 heterocycles. The highest BCUT2D eigenvalue weighted by atomic mass is 79.9. The molecule has 0 saturated carbocycles. The van der Waals surface area contributed by atoms with Gasteiger partial charge < -0.3 is 15.3 Å². The lowest BCUT2D eigenvalue weighted by Gasteiger charge is -2.17. The third-order valence-electron chi connectivity index (χ3n) is 2.93. The van der Waals surface area contributed by atoms with E-state index in [-0.39, 0.29) is 18.6 Å². The number of carbonyl (C=O) groups is 1. The number of rotatable bonds is 2. The molecule has 0 aliphatic carbocycles. The number of anilines is 1. The van der Waals surface area contributed by atoms with Crippen molar-refractivity contribution in [2.24, 2.45) is 5.92 Å². The van der Waals surface area contributed by atoms with Crippen LogP contribution in [0, 0.1) is 5.92 Å². The van der Waals surface area contributed by atoms with E-state index in [2.05, 4.69) is 21.2 Å². The molecule has 1 atom stereocenters. The molecule has 4 nitrogen and oxygen atoms in total. The van der Waals surface area contributed by atoms with Gasteiger partial charge in [0.25, 0.3) is 0 Å². The SMILES string of the molecule is O=C(Nc1ccc(Br)cc1)N1CCC(CO)C1. The number of halogens is 1. The first-order chi connectivity index (χ1) is 8.19. The van der Waals surface area contributed by atoms with Crippen LogP contribution in [0.25, 0.3) is 0 Å². The van der Waals surface area contributed by atoms with Crippen LogP contribution < -0.4 is 5.32 Å². The number of amides is 2. The van der Waals surface area contributed by atoms with Crippen molar-refractivity contribution >= 4 is 27.6 Å². The number of aliphatic hydroxyl groups excluding tert-OH is 1. The number of nitrogens with zero attached hydrogens (tertiary/aromatic N) is 1. The molecule has 0 spiro atoms. The topological polar surface area (TPSA) is 52.6 Å². The van der Waals surface area contributed by atoms with Gasteiger partial charge in [0.2, 0.25) is 0 Å². The zero-order chi connectivity index (χ0) is 12.3. The highest BCUT2D eigenvalue weighted by molar-refractivity contribution is 9.10. The molecule has 1 aromatic carbocycles. The molecular formula is C12H15BrN2O2. The molecule has 1 aromatic rings. The summed E-state index contributed by atoms with van der Waals surface area (Å²) in [6, 6.07) is 7.37. The van der Waals surface area contributed by atoms with Crippen LogP contribution in [0.3, 0.4) is 0 Å². The zero-order valence-electron chi connectivity index (χ0n) is 9.40. The number of urea groups is 1. The van der Waals surface area contributed by atoms with E-state index >= 15 is 0 Å². The smallest absolute Gasteiger partial charge is 0.321 e. The molecule has 92 valence electrons. The summed E-state index contributed by atoms with van der Waals surface area (Å²) < 4.78 is 0.983. The second-order valence-corrected chi connectivity index (χ2v) is 5.14. The lowest BCUT2D eigenvalue weighted by Crippen LogP contribution is -2.33. The van der Waals surface area contributed by atoms with Crippen molar-refractivity contribution in [1.29, 1.82) is 0 Å². The monoisotopic (exact) mass is 298 g/mol. The molecule has 0 aromatic heterocycles. The fourth-order valence-corrected chi connectivity index (χ4v) is 2.17. The molecule has 1 saturated heterocycles. The maximum atomic E-state index is 11.9. The van der Waals surface area contributed by atoms with Gasteiger partial charge in [0, 0.05) is 35.8 Å². The van der Waals surface area contributed by atoms with Crippen molar-refractivity contribution in [3.05, 3.63) is 28.7 Å². The summed E-state index contributed by atoms with van der Waals surface area (Å²) in [4.78, 5) is 13.6. The van der Waals surface area contributed by atoms with Gasteiger partial charge in [0.15, 0.2) is 0 Å². The minimum Gasteiger partial charge on any atom is -0.396 e. The van der Waals surface area contributed by atoms with E-state index in [9.17, 15) is 4.79 Å². The Morgan fingerprint density at radius 3 is 2.76 bits per heavy atom. The number of likely N-dealkylation sites (tertiary alicyclic amines) is 1. The van der Waals surface area contributed by atoms with Gasteiger partial charge in [-0.1, -0.05) is 15.9 Å². The first-order valence-electron chi connectivity index (χ1n) is 5.61. The Bertz CT molecular complexity index is 394. The molecule has 0 bridgehead atoms. The van der Waals surface area contributed by atoms with Gasteiger partial charge in [-0.25, -0.2) is 4.79 Å². The molecule has 2 amide bonds. The van der Waals surface area contributed by atoms with Gasteiger partial charge in [-0.05, 0) is 30.7 Å². The average molecular weight is 299 g/mol. The van der Waals surface area contributed by atoms with Gasteiger partial charge in [0.1, 0.15) is 0 Å². The Labute approximate surface area is 109 Å². The van der Waals surface area contributed by atoms with Crippen LogP contribution in [-0.4, -0.2) is 35.7 Å². The van der Waals surface area contributed by atoms with E-state index in [0.29, 0.717) is 13.1 Å². The fraction of sp³-hybridized carbons (Fsp3) is 0.417. The van der Waals surface area contributed by atoms with Crippen LogP contribution in [0.5, 0.6) is 0 Å². The van der Waals surface area contributed by atoms with Crippen LogP contribution in [0.4, 0.5) is 10.5 Å². The second kappa shape index (κ2) is 5.51. The van der Waals surface area contributed by atoms with Crippen LogP contribution >= 0.6 is 15.9 Å². The summed E-state index contributed by atoms with van der Waals surface area (Å²) in [6.45, 7) is 1.51. The number of hydrogen-bond acceptors (Lipinski definition) is 2. The highest BCUT2D eigenvalue weighted by Gasteiger charge is 2.25. The van der Waals surface area contributed by atoms with E-state index in [1.165, 1.54) is 0 Å². The largest absolute Gasteiger partial charge is 0.396 e. The normalized spacial score (nSPS) is 19.4. The summed E-state index contributed by atoms with van der Waals surface area (Å²) in [7, 11) is 0. The van der Waals surface area contributed by atoms with Crippen LogP contribution in [0.1, 0.15) is 6.42 Å². The van der Waals surface area contributed by atoms with Crippen molar-refractivity contribution < 1.29 is 9.90 Å². The van der Waals surface area contributed by atoms with Crippen LogP contribution in [0.15, 0.2) is 28.7 Å². The standard InChI is InChI=1S/C12H15BrN2O2/c13-10-1-3-11(4-2-10)14-12(17)15-6-5-9(7-15)8-16/h1-4,9,16H,5-8H2,(H,14,17). The van der Waals surface area contributed by atoms with E-state index in [1.54, 1.807) is 4.90 Å². The molecule has 1 aliphatic rings. The lowest BCUT2D eigenvalue weighted by molar-refractivity contribution is 0.209. The van der Waals surface area contributed by atoms with Crippen molar-refractivity contribution in [3.63, 3.8) is 0 Å². The number of hydrogen-bond donors (Lipinski definition) is 2. The Kier molecular flexibility index (Phi) is 4.02. The molecule has 0 radical (unpaired) electrons. The Morgan fingerprint density at radius 2 is 2.18 bits per heavy atom. The van der Waals surface area contributed by atoms with Gasteiger partial charge in [-0.3, -0.25) is 0 Å². The summed E-state index contributed by atoms with van der Waals surface area (Å²) in [5, 5.41) is 11.9. The van der Waals surface area contributed by atoms with Crippen LogP contribution in [0.2, 0.25) is 0 Å². The van der Waals surface area contributed by atoms with Gasteiger partial charge >= 0.3 is 6.03 Å². The first kappa shape index (κ1) is 12.4. The maximum Gasteiger partial charge on any atom is 0.321 e. The predicted molar refractivity (Wildman–Crippen MR) is 69.9 cm³/mol. The third kappa shape index (κ3) is 3.20. The van der Waals surface area contributed by atoms with Gasteiger partial charge in [-0.2, -0.15) is 0 Å². The van der Waals surface area contributed by atoms with Crippen molar-refractivity contribution in [2.45, 2.75) is 6.42 Å². The summed E-state index contributed by atoms with van der Waals surface area (Å²) >= 11 is 3.34. The molecule has 1 aliphatic heterocycles. The van der Waals surface area contributed by atoms with Gasteiger partial charge in [-0.15, -0.1) is 0 Å². The number of benzene rings is 1. The molecule has 5 heteroatoms. The maximum absolute atomic E-state index is 11.9. The van der Waals surface area contributed by atoms with Crippen molar-refractivity contribution in [2.75, 3.05) is 25.0 Å². The zero-order valence-corrected chi connectivity index (χ0v) is 11.0. The van der Waals surface area contributed by atoms with Crippen molar-refractivity contribution in [1.82, 2.24) is 4.90 Å². The second-order valence-electron chi connectivity index (χ2n) is 4.22. The Morgan fingerprint density at radius 1 is 1.47 bits per heavy atom. The highest BCUT2D eigenvalue weighted by Crippen LogP contribution is 2.18. The molecule has 17 heavy (non-hydrogen) atoms. The van der Waals surface area contributed by atoms with Crippen LogP contribution in [-0.2, 0) is 0 Å². The number of carbonyl (C=O) groups excluding carboxylic acids is 1. The Hall–Kier alpha value is -1.07. The molecule has 1 fully saturated rings.